The zero-order valence-corrected chi connectivity index (χ0v) is 12.2. The van der Waals surface area contributed by atoms with Gasteiger partial charge in [0, 0.05) is 38.6 Å². The van der Waals surface area contributed by atoms with Crippen molar-refractivity contribution >= 4 is 0 Å². The van der Waals surface area contributed by atoms with Gasteiger partial charge in [0.05, 0.1) is 25.9 Å². The molecular weight excluding hydrogens is 240 g/mol. The summed E-state index contributed by atoms with van der Waals surface area (Å²) >= 11 is 0. The van der Waals surface area contributed by atoms with Crippen LogP contribution in [0, 0.1) is 11.8 Å². The van der Waals surface area contributed by atoms with Crippen LogP contribution in [0.25, 0.3) is 0 Å². The topological polar surface area (TPSA) is 24.9 Å². The van der Waals surface area contributed by atoms with Crippen LogP contribution in [0.5, 0.6) is 0 Å². The second kappa shape index (κ2) is 6.53. The van der Waals surface area contributed by atoms with Gasteiger partial charge in [-0.05, 0) is 25.3 Å². The van der Waals surface area contributed by atoms with Gasteiger partial charge in [0.1, 0.15) is 0 Å². The van der Waals surface area contributed by atoms with Crippen LogP contribution in [0.15, 0.2) is 0 Å². The third-order valence-electron chi connectivity index (χ3n) is 4.87. The average molecular weight is 268 g/mol. The SMILES string of the molecule is C[C@H]1COC1CN1CCCC(CN2CCOCC2)C1. The molecule has 3 saturated heterocycles. The summed E-state index contributed by atoms with van der Waals surface area (Å²) in [5.41, 5.74) is 0. The van der Waals surface area contributed by atoms with E-state index in [1.165, 1.54) is 32.5 Å². The van der Waals surface area contributed by atoms with Gasteiger partial charge in [-0.25, -0.2) is 0 Å². The fraction of sp³-hybridized carbons (Fsp3) is 1.00. The summed E-state index contributed by atoms with van der Waals surface area (Å²) < 4.78 is 11.1. The standard InChI is InChI=1S/C15H28N2O2/c1-13-12-19-15(13)11-17-4-2-3-14(10-17)9-16-5-7-18-8-6-16/h13-15H,2-12H2,1H3/t13-,14?,15?/m0/s1. The van der Waals surface area contributed by atoms with E-state index in [2.05, 4.69) is 16.7 Å². The fourth-order valence-corrected chi connectivity index (χ4v) is 3.53. The smallest absolute Gasteiger partial charge is 0.0749 e. The molecule has 0 N–H and O–H groups in total. The molecular formula is C15H28N2O2. The second-order valence-corrected chi connectivity index (χ2v) is 6.53. The van der Waals surface area contributed by atoms with Crippen LogP contribution in [-0.4, -0.2) is 75.0 Å². The van der Waals surface area contributed by atoms with Crippen molar-refractivity contribution in [1.29, 1.82) is 0 Å². The van der Waals surface area contributed by atoms with E-state index in [9.17, 15) is 0 Å². The first kappa shape index (κ1) is 13.8. The molecule has 4 nitrogen and oxygen atoms in total. The Morgan fingerprint density at radius 1 is 1.05 bits per heavy atom. The molecule has 3 fully saturated rings. The van der Waals surface area contributed by atoms with Crippen molar-refractivity contribution in [2.75, 3.05) is 59.1 Å². The van der Waals surface area contributed by atoms with E-state index in [4.69, 9.17) is 9.47 Å². The van der Waals surface area contributed by atoms with Gasteiger partial charge in [-0.3, -0.25) is 4.90 Å². The molecule has 110 valence electrons. The summed E-state index contributed by atoms with van der Waals surface area (Å²) in [7, 11) is 0. The van der Waals surface area contributed by atoms with Crippen molar-refractivity contribution in [3.63, 3.8) is 0 Å². The van der Waals surface area contributed by atoms with E-state index in [-0.39, 0.29) is 0 Å². The molecule has 0 amide bonds. The molecule has 4 heteroatoms. The van der Waals surface area contributed by atoms with Crippen LogP contribution in [0.3, 0.4) is 0 Å². The molecule has 3 aliphatic heterocycles. The molecule has 0 aromatic rings. The molecule has 2 unspecified atom stereocenters. The van der Waals surface area contributed by atoms with Crippen molar-refractivity contribution < 1.29 is 9.47 Å². The minimum atomic E-state index is 0.502. The quantitative estimate of drug-likeness (QED) is 0.761. The van der Waals surface area contributed by atoms with Crippen LogP contribution >= 0.6 is 0 Å². The Bertz CT molecular complexity index is 281. The summed E-state index contributed by atoms with van der Waals surface area (Å²) in [6, 6.07) is 0. The summed E-state index contributed by atoms with van der Waals surface area (Å²) in [5.74, 6) is 1.61. The van der Waals surface area contributed by atoms with Gasteiger partial charge in [0.25, 0.3) is 0 Å². The molecule has 0 aromatic heterocycles. The number of hydrogen-bond acceptors (Lipinski definition) is 4. The number of hydrogen-bond donors (Lipinski definition) is 0. The Hall–Kier alpha value is -0.160. The van der Waals surface area contributed by atoms with Crippen molar-refractivity contribution in [2.24, 2.45) is 11.8 Å². The summed E-state index contributed by atoms with van der Waals surface area (Å²) in [6.07, 6.45) is 3.26. The Kier molecular flexibility index (Phi) is 4.74. The Balaban J connectivity index is 1.42. The summed E-state index contributed by atoms with van der Waals surface area (Å²) in [4.78, 5) is 5.22. The first-order valence-electron chi connectivity index (χ1n) is 7.95. The Labute approximate surface area is 117 Å². The molecule has 3 aliphatic rings. The highest BCUT2D eigenvalue weighted by atomic mass is 16.5. The van der Waals surface area contributed by atoms with Crippen LogP contribution in [0.2, 0.25) is 0 Å². The van der Waals surface area contributed by atoms with E-state index in [1.54, 1.807) is 0 Å². The fourth-order valence-electron chi connectivity index (χ4n) is 3.53. The maximum atomic E-state index is 5.66. The van der Waals surface area contributed by atoms with Gasteiger partial charge < -0.3 is 14.4 Å². The third kappa shape index (κ3) is 3.69. The predicted octanol–water partition coefficient (Wildman–Crippen LogP) is 1.07. The van der Waals surface area contributed by atoms with E-state index >= 15 is 0 Å². The second-order valence-electron chi connectivity index (χ2n) is 6.53. The lowest BCUT2D eigenvalue weighted by Crippen LogP contribution is -2.50. The summed E-state index contributed by atoms with van der Waals surface area (Å²) in [5, 5.41) is 0. The van der Waals surface area contributed by atoms with Crippen molar-refractivity contribution in [1.82, 2.24) is 9.80 Å². The normalized spacial score (nSPS) is 38.1. The number of ether oxygens (including phenoxy) is 2. The highest BCUT2D eigenvalue weighted by Gasteiger charge is 2.31. The number of morpholine rings is 1. The van der Waals surface area contributed by atoms with Gasteiger partial charge in [-0.15, -0.1) is 0 Å². The highest BCUT2D eigenvalue weighted by molar-refractivity contribution is 4.83. The highest BCUT2D eigenvalue weighted by Crippen LogP contribution is 2.24. The number of nitrogens with zero attached hydrogens (tertiary/aromatic N) is 2. The number of likely N-dealkylation sites (tertiary alicyclic amines) is 1. The lowest BCUT2D eigenvalue weighted by atomic mass is 9.94. The van der Waals surface area contributed by atoms with Crippen LogP contribution in [-0.2, 0) is 9.47 Å². The molecule has 0 aliphatic carbocycles. The average Bonchev–Trinajstić information content (AvgIpc) is 2.45. The zero-order chi connectivity index (χ0) is 13.1. The number of piperidine rings is 1. The van der Waals surface area contributed by atoms with E-state index < -0.39 is 0 Å². The maximum Gasteiger partial charge on any atom is 0.0749 e. The monoisotopic (exact) mass is 268 g/mol. The third-order valence-corrected chi connectivity index (χ3v) is 4.87. The maximum absolute atomic E-state index is 5.66. The van der Waals surface area contributed by atoms with Crippen LogP contribution in [0.4, 0.5) is 0 Å². The van der Waals surface area contributed by atoms with Gasteiger partial charge in [-0.1, -0.05) is 6.92 Å². The molecule has 0 saturated carbocycles. The molecule has 0 spiro atoms. The van der Waals surface area contributed by atoms with Crippen molar-refractivity contribution in [3.05, 3.63) is 0 Å². The summed E-state index contributed by atoms with van der Waals surface area (Å²) in [6.45, 7) is 12.3. The molecule has 0 bridgehead atoms. The van der Waals surface area contributed by atoms with Crippen molar-refractivity contribution in [3.8, 4) is 0 Å². The minimum absolute atomic E-state index is 0.502. The van der Waals surface area contributed by atoms with Crippen LogP contribution in [0.1, 0.15) is 19.8 Å². The first-order chi connectivity index (χ1) is 9.31. The predicted molar refractivity (Wildman–Crippen MR) is 75.3 cm³/mol. The molecule has 3 atom stereocenters. The lowest BCUT2D eigenvalue weighted by Gasteiger charge is -2.42. The largest absolute Gasteiger partial charge is 0.379 e. The minimum Gasteiger partial charge on any atom is -0.379 e. The Morgan fingerprint density at radius 3 is 2.58 bits per heavy atom. The first-order valence-corrected chi connectivity index (χ1v) is 7.95. The van der Waals surface area contributed by atoms with Crippen LogP contribution < -0.4 is 0 Å². The van der Waals surface area contributed by atoms with E-state index in [0.29, 0.717) is 6.10 Å². The van der Waals surface area contributed by atoms with Gasteiger partial charge in [0.2, 0.25) is 0 Å². The Morgan fingerprint density at radius 2 is 1.89 bits per heavy atom. The van der Waals surface area contributed by atoms with E-state index in [1.807, 2.05) is 0 Å². The van der Waals surface area contributed by atoms with E-state index in [0.717, 1.165) is 51.3 Å². The zero-order valence-electron chi connectivity index (χ0n) is 12.2. The molecule has 3 rings (SSSR count). The lowest BCUT2D eigenvalue weighted by molar-refractivity contribution is -0.121. The van der Waals surface area contributed by atoms with Gasteiger partial charge >= 0.3 is 0 Å². The molecule has 3 heterocycles. The van der Waals surface area contributed by atoms with Crippen molar-refractivity contribution in [2.45, 2.75) is 25.9 Å². The molecule has 19 heavy (non-hydrogen) atoms. The number of rotatable bonds is 4. The molecule has 0 aromatic carbocycles. The van der Waals surface area contributed by atoms with Gasteiger partial charge in [0.15, 0.2) is 0 Å². The van der Waals surface area contributed by atoms with Gasteiger partial charge in [-0.2, -0.15) is 0 Å². The molecule has 0 radical (unpaired) electrons.